The van der Waals surface area contributed by atoms with E-state index in [1.54, 1.807) is 17.4 Å². The van der Waals surface area contributed by atoms with Crippen molar-refractivity contribution in [3.05, 3.63) is 51.5 Å². The second-order valence-corrected chi connectivity index (χ2v) is 7.58. The molecular formula is C19H22FNO3S. The van der Waals surface area contributed by atoms with Gasteiger partial charge in [-0.15, -0.1) is 0 Å². The number of benzene rings is 1. The molecule has 0 amide bonds. The lowest BCUT2D eigenvalue weighted by molar-refractivity contribution is -0.112. The molecule has 0 saturated carbocycles. The molecule has 0 aliphatic carbocycles. The van der Waals surface area contributed by atoms with Crippen molar-refractivity contribution in [1.82, 2.24) is 4.90 Å². The van der Waals surface area contributed by atoms with Gasteiger partial charge in [-0.3, -0.25) is 4.90 Å². The SMILES string of the molecule is OC[C@@H]1CCCN(Cc2cc(F)cc3c2O[C@H](c2ccsc2)OC3)C1. The maximum Gasteiger partial charge on any atom is 0.227 e. The highest BCUT2D eigenvalue weighted by atomic mass is 32.1. The summed E-state index contributed by atoms with van der Waals surface area (Å²) < 4.78 is 25.9. The van der Waals surface area contributed by atoms with E-state index in [9.17, 15) is 9.50 Å². The molecule has 0 radical (unpaired) electrons. The lowest BCUT2D eigenvalue weighted by Gasteiger charge is -2.33. The van der Waals surface area contributed by atoms with Crippen LogP contribution in [-0.4, -0.2) is 29.7 Å². The predicted octanol–water partition coefficient (Wildman–Crippen LogP) is 3.70. The number of aliphatic hydroxyl groups excluding tert-OH is 1. The van der Waals surface area contributed by atoms with Crippen LogP contribution >= 0.6 is 11.3 Å². The smallest absolute Gasteiger partial charge is 0.227 e. The topological polar surface area (TPSA) is 41.9 Å². The highest BCUT2D eigenvalue weighted by molar-refractivity contribution is 7.07. The monoisotopic (exact) mass is 363 g/mol. The van der Waals surface area contributed by atoms with Crippen molar-refractivity contribution in [2.45, 2.75) is 32.3 Å². The normalized spacial score (nSPS) is 23.9. The molecule has 1 saturated heterocycles. The van der Waals surface area contributed by atoms with Crippen molar-refractivity contribution in [3.63, 3.8) is 0 Å². The molecule has 1 aromatic carbocycles. The molecule has 4 rings (SSSR count). The van der Waals surface area contributed by atoms with Crippen LogP contribution in [0.2, 0.25) is 0 Å². The van der Waals surface area contributed by atoms with Gasteiger partial charge < -0.3 is 14.6 Å². The van der Waals surface area contributed by atoms with Crippen molar-refractivity contribution in [1.29, 1.82) is 0 Å². The highest BCUT2D eigenvalue weighted by Crippen LogP contribution is 2.37. The fourth-order valence-electron chi connectivity index (χ4n) is 3.65. The molecule has 1 aromatic heterocycles. The molecule has 1 fully saturated rings. The number of halogens is 1. The minimum atomic E-state index is -0.436. The summed E-state index contributed by atoms with van der Waals surface area (Å²) in [4.78, 5) is 2.28. The van der Waals surface area contributed by atoms with Crippen LogP contribution in [0.15, 0.2) is 29.0 Å². The summed E-state index contributed by atoms with van der Waals surface area (Å²) in [5.74, 6) is 0.793. The third kappa shape index (κ3) is 3.72. The maximum absolute atomic E-state index is 14.1. The van der Waals surface area contributed by atoms with Gasteiger partial charge in [-0.25, -0.2) is 4.39 Å². The van der Waals surface area contributed by atoms with Gasteiger partial charge in [0.15, 0.2) is 0 Å². The number of aliphatic hydroxyl groups is 1. The number of hydrogen-bond donors (Lipinski definition) is 1. The van der Waals surface area contributed by atoms with E-state index in [1.807, 2.05) is 16.8 Å². The van der Waals surface area contributed by atoms with Gasteiger partial charge in [-0.1, -0.05) is 0 Å². The van der Waals surface area contributed by atoms with Gasteiger partial charge in [0.1, 0.15) is 11.6 Å². The average Bonchev–Trinajstić information content (AvgIpc) is 3.16. The standard InChI is InChI=1S/C19H22FNO3S/c20-17-6-15(9-21-4-1-2-13(8-21)10-22)18-16(7-17)11-23-19(24-18)14-3-5-25-12-14/h3,5-7,12-13,19,22H,1-2,4,8-11H2/t13-,19-/m1/s1. The summed E-state index contributed by atoms with van der Waals surface area (Å²) in [5.41, 5.74) is 2.61. The van der Waals surface area contributed by atoms with Crippen LogP contribution in [0.3, 0.4) is 0 Å². The quantitative estimate of drug-likeness (QED) is 0.899. The van der Waals surface area contributed by atoms with Gasteiger partial charge >= 0.3 is 0 Å². The Balaban J connectivity index is 1.57. The summed E-state index contributed by atoms with van der Waals surface area (Å²) in [5, 5.41) is 13.4. The maximum atomic E-state index is 14.1. The summed E-state index contributed by atoms with van der Waals surface area (Å²) in [6.07, 6.45) is 1.68. The van der Waals surface area contributed by atoms with Crippen LogP contribution in [0, 0.1) is 11.7 Å². The molecule has 0 bridgehead atoms. The molecule has 2 aromatic rings. The molecular weight excluding hydrogens is 341 g/mol. The van der Waals surface area contributed by atoms with Gasteiger partial charge in [-0.05, 0) is 48.9 Å². The van der Waals surface area contributed by atoms with Crippen molar-refractivity contribution in [3.8, 4) is 5.75 Å². The van der Waals surface area contributed by atoms with Crippen LogP contribution < -0.4 is 4.74 Å². The summed E-state index contributed by atoms with van der Waals surface area (Å²) in [7, 11) is 0. The summed E-state index contributed by atoms with van der Waals surface area (Å²) in [6.45, 7) is 2.99. The number of rotatable bonds is 4. The fourth-order valence-corrected chi connectivity index (χ4v) is 4.31. The van der Waals surface area contributed by atoms with Crippen molar-refractivity contribution in [2.24, 2.45) is 5.92 Å². The van der Waals surface area contributed by atoms with Gasteiger partial charge in [0.05, 0.1) is 6.61 Å². The van der Waals surface area contributed by atoms with Crippen LogP contribution in [0.25, 0.3) is 0 Å². The first-order valence-corrected chi connectivity index (χ1v) is 9.62. The molecule has 0 unspecified atom stereocenters. The lowest BCUT2D eigenvalue weighted by atomic mass is 9.98. The van der Waals surface area contributed by atoms with E-state index in [2.05, 4.69) is 4.90 Å². The second-order valence-electron chi connectivity index (χ2n) is 6.80. The largest absolute Gasteiger partial charge is 0.460 e. The zero-order valence-electron chi connectivity index (χ0n) is 14.0. The van der Waals surface area contributed by atoms with Gasteiger partial charge in [-0.2, -0.15) is 11.3 Å². The van der Waals surface area contributed by atoms with E-state index in [0.717, 1.165) is 48.4 Å². The van der Waals surface area contributed by atoms with Crippen molar-refractivity contribution in [2.75, 3.05) is 19.7 Å². The zero-order chi connectivity index (χ0) is 17.2. The van der Waals surface area contributed by atoms with E-state index in [-0.39, 0.29) is 12.4 Å². The number of fused-ring (bicyclic) bond motifs is 1. The number of thiophene rings is 1. The molecule has 2 aliphatic rings. The number of ether oxygens (including phenoxy) is 2. The van der Waals surface area contributed by atoms with Crippen LogP contribution in [-0.2, 0) is 17.9 Å². The van der Waals surface area contributed by atoms with Gasteiger partial charge in [0, 0.05) is 41.8 Å². The summed E-state index contributed by atoms with van der Waals surface area (Å²) in [6, 6.07) is 5.05. The Hall–Kier alpha value is -1.47. The minimum Gasteiger partial charge on any atom is -0.460 e. The van der Waals surface area contributed by atoms with Gasteiger partial charge in [0.2, 0.25) is 6.29 Å². The Kier molecular flexibility index (Phi) is 5.03. The molecule has 25 heavy (non-hydrogen) atoms. The Morgan fingerprint density at radius 2 is 2.28 bits per heavy atom. The molecule has 1 N–H and O–H groups in total. The predicted molar refractivity (Wildman–Crippen MR) is 94.0 cm³/mol. The van der Waals surface area contributed by atoms with Crippen LogP contribution in [0.4, 0.5) is 4.39 Å². The first-order chi connectivity index (χ1) is 12.2. The van der Waals surface area contributed by atoms with Crippen molar-refractivity contribution >= 4 is 11.3 Å². The summed E-state index contributed by atoms with van der Waals surface area (Å²) >= 11 is 1.60. The van der Waals surface area contributed by atoms with E-state index >= 15 is 0 Å². The first kappa shape index (κ1) is 17.0. The molecule has 2 atom stereocenters. The van der Waals surface area contributed by atoms with E-state index in [0.29, 0.717) is 19.1 Å². The third-order valence-electron chi connectivity index (χ3n) is 4.89. The van der Waals surface area contributed by atoms with Crippen molar-refractivity contribution < 1.29 is 19.0 Å². The zero-order valence-corrected chi connectivity index (χ0v) is 14.8. The molecule has 6 heteroatoms. The Bertz CT molecular complexity index is 722. The third-order valence-corrected chi connectivity index (χ3v) is 5.59. The minimum absolute atomic E-state index is 0.211. The Morgan fingerprint density at radius 3 is 3.08 bits per heavy atom. The number of likely N-dealkylation sites (tertiary alicyclic amines) is 1. The van der Waals surface area contributed by atoms with E-state index in [1.165, 1.54) is 6.07 Å². The Morgan fingerprint density at radius 1 is 1.36 bits per heavy atom. The molecule has 4 nitrogen and oxygen atoms in total. The molecule has 3 heterocycles. The second kappa shape index (κ2) is 7.41. The van der Waals surface area contributed by atoms with E-state index in [4.69, 9.17) is 9.47 Å². The molecule has 2 aliphatic heterocycles. The van der Waals surface area contributed by atoms with Crippen LogP contribution in [0.1, 0.15) is 35.8 Å². The number of hydrogen-bond acceptors (Lipinski definition) is 5. The van der Waals surface area contributed by atoms with Crippen LogP contribution in [0.5, 0.6) is 5.75 Å². The van der Waals surface area contributed by atoms with Gasteiger partial charge in [0.25, 0.3) is 0 Å². The molecule has 134 valence electrons. The highest BCUT2D eigenvalue weighted by Gasteiger charge is 2.27. The lowest BCUT2D eigenvalue weighted by Crippen LogP contribution is -2.36. The number of nitrogens with zero attached hydrogens (tertiary/aromatic N) is 1. The fraction of sp³-hybridized carbons (Fsp3) is 0.474. The van der Waals surface area contributed by atoms with E-state index < -0.39 is 6.29 Å². The Labute approximate surface area is 150 Å². The number of piperidine rings is 1. The molecule has 0 spiro atoms. The first-order valence-electron chi connectivity index (χ1n) is 8.68. The average molecular weight is 363 g/mol.